The van der Waals surface area contributed by atoms with Gasteiger partial charge >= 0.3 is 0 Å². The number of hydrogen-bond acceptors (Lipinski definition) is 7. The molecule has 0 bridgehead atoms. The molecule has 2 heterocycles. The van der Waals surface area contributed by atoms with Crippen LogP contribution in [0.1, 0.15) is 17.2 Å². The summed E-state index contributed by atoms with van der Waals surface area (Å²) in [5.74, 6) is 2.00. The maximum absolute atomic E-state index is 12.1. The second-order valence-electron chi connectivity index (χ2n) is 5.68. The number of ether oxygens (including phenoxy) is 1. The fraction of sp³-hybridized carbons (Fsp3) is 0.278. The Balaban J connectivity index is 1.45. The first kappa shape index (κ1) is 18.1. The molecule has 2 aromatic heterocycles. The molecule has 3 rings (SSSR count). The second kappa shape index (κ2) is 8.57. The van der Waals surface area contributed by atoms with Crippen molar-refractivity contribution in [3.8, 4) is 5.75 Å². The normalized spacial score (nSPS) is 10.7. The van der Waals surface area contributed by atoms with Crippen molar-refractivity contribution in [3.05, 3.63) is 59.9 Å². The number of hydrogen-bond donors (Lipinski definition) is 0. The number of carbonyl (C=O) groups excluding carboxylic acids is 1. The number of amides is 1. The van der Waals surface area contributed by atoms with Crippen LogP contribution in [0.3, 0.4) is 0 Å². The van der Waals surface area contributed by atoms with Crippen molar-refractivity contribution in [2.75, 3.05) is 12.8 Å². The molecule has 0 aliphatic rings. The first-order chi connectivity index (χ1) is 12.6. The average Bonchev–Trinajstić information content (AvgIpc) is 3.29. The molecule has 1 aromatic carbocycles. The Morgan fingerprint density at radius 2 is 2.15 bits per heavy atom. The lowest BCUT2D eigenvalue weighted by atomic mass is 10.2. The first-order valence-corrected chi connectivity index (χ1v) is 9.00. The van der Waals surface area contributed by atoms with Crippen molar-refractivity contribution in [2.45, 2.75) is 25.3 Å². The molecule has 0 spiro atoms. The monoisotopic (exact) mass is 373 g/mol. The summed E-state index contributed by atoms with van der Waals surface area (Å²) in [4.78, 5) is 13.7. The van der Waals surface area contributed by atoms with E-state index in [1.165, 1.54) is 11.8 Å². The van der Waals surface area contributed by atoms with Crippen molar-refractivity contribution in [2.24, 2.45) is 0 Å². The summed E-state index contributed by atoms with van der Waals surface area (Å²) in [5.41, 5.74) is 1.11. The molecule has 0 aliphatic carbocycles. The molecule has 0 aliphatic heterocycles. The lowest BCUT2D eigenvalue weighted by Gasteiger charge is -2.14. The van der Waals surface area contributed by atoms with E-state index < -0.39 is 0 Å². The van der Waals surface area contributed by atoms with Crippen molar-refractivity contribution in [1.82, 2.24) is 15.1 Å². The Morgan fingerprint density at radius 1 is 1.27 bits per heavy atom. The molecule has 1 amide bonds. The molecule has 0 N–H and O–H groups in total. The zero-order valence-corrected chi connectivity index (χ0v) is 15.4. The van der Waals surface area contributed by atoms with Crippen LogP contribution in [0.15, 0.2) is 56.7 Å². The Hall–Kier alpha value is -2.74. The lowest BCUT2D eigenvalue weighted by Crippen LogP contribution is -2.27. The number of carbonyl (C=O) groups is 1. The zero-order valence-electron chi connectivity index (χ0n) is 14.5. The third-order valence-electron chi connectivity index (χ3n) is 3.52. The largest absolute Gasteiger partial charge is 0.484 e. The Morgan fingerprint density at radius 3 is 2.92 bits per heavy atom. The van der Waals surface area contributed by atoms with E-state index in [2.05, 4.69) is 10.2 Å². The summed E-state index contributed by atoms with van der Waals surface area (Å²) < 4.78 is 16.4. The van der Waals surface area contributed by atoms with Gasteiger partial charge in [-0.25, -0.2) is 0 Å². The van der Waals surface area contributed by atoms with Crippen LogP contribution < -0.4 is 4.74 Å². The van der Waals surface area contributed by atoms with Crippen LogP contribution in [0.4, 0.5) is 0 Å². The van der Waals surface area contributed by atoms with Crippen molar-refractivity contribution < 1.29 is 18.4 Å². The van der Waals surface area contributed by atoms with Gasteiger partial charge in [0.25, 0.3) is 11.1 Å². The number of nitrogens with zero attached hydrogens (tertiary/aromatic N) is 3. The molecule has 3 aromatic rings. The Bertz CT molecular complexity index is 848. The molecular weight excluding hydrogens is 354 g/mol. The molecule has 8 heteroatoms. The van der Waals surface area contributed by atoms with Crippen LogP contribution in [-0.4, -0.2) is 33.8 Å². The molecule has 0 saturated heterocycles. The van der Waals surface area contributed by atoms with Crippen LogP contribution in [0.2, 0.25) is 0 Å². The number of thioether (sulfide) groups is 1. The van der Waals surface area contributed by atoms with Crippen molar-refractivity contribution >= 4 is 17.7 Å². The topological polar surface area (TPSA) is 81.6 Å². The van der Waals surface area contributed by atoms with Gasteiger partial charge in [-0.2, -0.15) is 0 Å². The highest BCUT2D eigenvalue weighted by Gasteiger charge is 2.14. The summed E-state index contributed by atoms with van der Waals surface area (Å²) in [6.45, 7) is 2.60. The van der Waals surface area contributed by atoms with Crippen LogP contribution in [0, 0.1) is 6.92 Å². The van der Waals surface area contributed by atoms with Crippen molar-refractivity contribution in [3.63, 3.8) is 0 Å². The van der Waals surface area contributed by atoms with E-state index in [4.69, 9.17) is 13.6 Å². The molecule has 136 valence electrons. The average molecular weight is 373 g/mol. The smallest absolute Gasteiger partial charge is 0.277 e. The predicted molar refractivity (Wildman–Crippen MR) is 95.7 cm³/mol. The van der Waals surface area contributed by atoms with Gasteiger partial charge in [-0.05, 0) is 36.8 Å². The van der Waals surface area contributed by atoms with Crippen LogP contribution in [-0.2, 0) is 17.9 Å². The predicted octanol–water partition coefficient (Wildman–Crippen LogP) is 3.30. The zero-order chi connectivity index (χ0) is 18.4. The molecule has 0 fully saturated rings. The third kappa shape index (κ3) is 5.13. The molecular formula is C18H19N3O4S. The summed E-state index contributed by atoms with van der Waals surface area (Å²) >= 11 is 1.20. The van der Waals surface area contributed by atoms with E-state index in [-0.39, 0.29) is 18.3 Å². The second-order valence-corrected chi connectivity index (χ2v) is 6.61. The SMILES string of the molecule is Cc1cccc(OCc2nnc(SCC(=O)N(C)Cc3ccco3)o2)c1. The maximum atomic E-state index is 12.1. The Labute approximate surface area is 155 Å². The van der Waals surface area contributed by atoms with Gasteiger partial charge in [0.05, 0.1) is 18.6 Å². The summed E-state index contributed by atoms with van der Waals surface area (Å²) in [7, 11) is 1.72. The molecule has 0 radical (unpaired) electrons. The van der Waals surface area contributed by atoms with Gasteiger partial charge in [0.1, 0.15) is 11.5 Å². The fourth-order valence-corrected chi connectivity index (χ4v) is 2.88. The van der Waals surface area contributed by atoms with Gasteiger partial charge in [-0.3, -0.25) is 4.79 Å². The molecule has 0 atom stereocenters. The van der Waals surface area contributed by atoms with Gasteiger partial charge in [0.2, 0.25) is 5.91 Å². The quantitative estimate of drug-likeness (QED) is 0.560. The molecule has 7 nitrogen and oxygen atoms in total. The summed E-state index contributed by atoms with van der Waals surface area (Å²) in [5, 5.41) is 8.21. The van der Waals surface area contributed by atoms with E-state index in [1.54, 1.807) is 24.3 Å². The van der Waals surface area contributed by atoms with E-state index in [1.807, 2.05) is 37.3 Å². The minimum absolute atomic E-state index is 0.0536. The van der Waals surface area contributed by atoms with Crippen molar-refractivity contribution in [1.29, 1.82) is 0 Å². The number of furan rings is 1. The maximum Gasteiger partial charge on any atom is 0.277 e. The molecule has 0 unspecified atom stereocenters. The van der Waals surface area contributed by atoms with Gasteiger partial charge in [0.15, 0.2) is 6.61 Å². The van der Waals surface area contributed by atoms with E-state index >= 15 is 0 Å². The fourth-order valence-electron chi connectivity index (χ4n) is 2.16. The highest BCUT2D eigenvalue weighted by atomic mass is 32.2. The number of benzene rings is 1. The number of rotatable bonds is 8. The van der Waals surface area contributed by atoms with Gasteiger partial charge in [0, 0.05) is 7.05 Å². The van der Waals surface area contributed by atoms with Crippen LogP contribution >= 0.6 is 11.8 Å². The van der Waals surface area contributed by atoms with Gasteiger partial charge in [-0.15, -0.1) is 10.2 Å². The van der Waals surface area contributed by atoms with Gasteiger partial charge < -0.3 is 18.5 Å². The van der Waals surface area contributed by atoms with E-state index in [0.29, 0.717) is 17.7 Å². The van der Waals surface area contributed by atoms with E-state index in [0.717, 1.165) is 17.1 Å². The first-order valence-electron chi connectivity index (χ1n) is 8.01. The van der Waals surface area contributed by atoms with Crippen LogP contribution in [0.5, 0.6) is 5.75 Å². The van der Waals surface area contributed by atoms with Crippen LogP contribution in [0.25, 0.3) is 0 Å². The van der Waals surface area contributed by atoms with Gasteiger partial charge in [-0.1, -0.05) is 23.9 Å². The number of aryl methyl sites for hydroxylation is 1. The molecule has 0 saturated carbocycles. The minimum atomic E-state index is -0.0536. The third-order valence-corrected chi connectivity index (χ3v) is 4.32. The summed E-state index contributed by atoms with van der Waals surface area (Å²) in [6.07, 6.45) is 1.58. The molecule has 26 heavy (non-hydrogen) atoms. The Kier molecular flexibility index (Phi) is 5.96. The minimum Gasteiger partial charge on any atom is -0.484 e. The standard InChI is InChI=1S/C18H19N3O4S/c1-13-5-3-6-14(9-13)24-11-16-19-20-18(25-16)26-12-17(22)21(2)10-15-7-4-8-23-15/h3-9H,10-12H2,1-2H3. The lowest BCUT2D eigenvalue weighted by molar-refractivity contribution is -0.127. The highest BCUT2D eigenvalue weighted by Crippen LogP contribution is 2.19. The van der Waals surface area contributed by atoms with E-state index in [9.17, 15) is 4.79 Å². The number of aromatic nitrogens is 2. The summed E-state index contributed by atoms with van der Waals surface area (Å²) in [6, 6.07) is 11.3. The highest BCUT2D eigenvalue weighted by molar-refractivity contribution is 7.99.